The lowest BCUT2D eigenvalue weighted by atomic mass is 9.87. The van der Waals surface area contributed by atoms with Gasteiger partial charge in [0.15, 0.2) is 19.9 Å². The Hall–Kier alpha value is -4.44. The summed E-state index contributed by atoms with van der Waals surface area (Å²) in [5.74, 6) is -2.35. The second-order valence-electron chi connectivity index (χ2n) is 31.9. The molecular weight excluding hydrogens is 1240 g/mol. The van der Waals surface area contributed by atoms with Crippen molar-refractivity contribution < 1.29 is 51.6 Å². The number of amides is 1. The summed E-state index contributed by atoms with van der Waals surface area (Å²) in [7, 11) is -8.85. The van der Waals surface area contributed by atoms with E-state index in [1.807, 2.05) is 44.2 Å². The third kappa shape index (κ3) is 14.5. The lowest BCUT2D eigenvalue weighted by Gasteiger charge is -2.51. The molecular formula is C80H113NO11Si3. The van der Waals surface area contributed by atoms with Crippen molar-refractivity contribution in [2.45, 2.75) is 273 Å². The van der Waals surface area contributed by atoms with E-state index < -0.39 is 83.7 Å². The van der Waals surface area contributed by atoms with E-state index in [1.54, 1.807) is 0 Å². The Balaban J connectivity index is 1.02. The number of allylic oxidation sites excluding steroid dienone is 1. The van der Waals surface area contributed by atoms with Gasteiger partial charge < -0.3 is 52.1 Å². The topological polar surface area (TPSA) is 132 Å². The Labute approximate surface area is 572 Å². The maximum Gasteiger partial charge on any atom is 0.261 e. The van der Waals surface area contributed by atoms with Crippen molar-refractivity contribution in [2.75, 3.05) is 18.5 Å². The lowest BCUT2D eigenvalue weighted by molar-refractivity contribution is -0.368. The first kappa shape index (κ1) is 71.8. The van der Waals surface area contributed by atoms with Gasteiger partial charge in [0.05, 0.1) is 60.4 Å². The SMILES string of the molecule is CC[Si](CC)(CC)OC1CC(C)(C(O[Si](c2ccccc2)(c2ccccc2)C(C)(C)C)[C@@H]2CC[C@]3(CCC[C@@H]([C@@H](C)C(=O)Nc4ccccc4)O3)O2)OC1C1CC2(CO[Si](c3ccccc3)(c3ccccc3)C(C)(C)C)CCC(C3CCC(C)(CC(C)/C=C(\C)CO)O3)(O1)O2. The zero-order valence-corrected chi connectivity index (χ0v) is 62.8. The number of ether oxygens (including phenoxy) is 6. The molecule has 0 saturated carbocycles. The number of fused-ring (bicyclic) bond motifs is 2. The van der Waals surface area contributed by atoms with Crippen LogP contribution in [0.3, 0.4) is 0 Å². The maximum atomic E-state index is 14.1. The first-order valence-electron chi connectivity index (χ1n) is 36.2. The molecule has 5 aromatic rings. The summed E-state index contributed by atoms with van der Waals surface area (Å²) in [4.78, 5) is 14.1. The van der Waals surface area contributed by atoms with Gasteiger partial charge >= 0.3 is 0 Å². The number of rotatable bonds is 25. The maximum absolute atomic E-state index is 14.1. The molecule has 0 radical (unpaired) electrons. The van der Waals surface area contributed by atoms with Gasteiger partial charge in [-0.05, 0) is 133 Å². The van der Waals surface area contributed by atoms with Crippen LogP contribution in [0, 0.1) is 11.8 Å². The van der Waals surface area contributed by atoms with Gasteiger partial charge in [-0.2, -0.15) is 0 Å². The van der Waals surface area contributed by atoms with Crippen LogP contribution in [-0.2, 0) is 46.5 Å². The van der Waals surface area contributed by atoms with Gasteiger partial charge in [0.1, 0.15) is 18.3 Å². The molecule has 10 unspecified atom stereocenters. The quantitative estimate of drug-likeness (QED) is 0.0427. The highest BCUT2D eigenvalue weighted by Gasteiger charge is 2.68. The zero-order valence-electron chi connectivity index (χ0n) is 59.8. The first-order chi connectivity index (χ1) is 45.2. The van der Waals surface area contributed by atoms with E-state index in [2.05, 4.69) is 216 Å². The molecule has 2 N–H and O–H groups in total. The molecule has 2 bridgehead atoms. The second kappa shape index (κ2) is 28.7. The summed E-state index contributed by atoms with van der Waals surface area (Å²) in [6, 6.07) is 56.4. The molecule has 516 valence electrons. The molecule has 6 saturated heterocycles. The average Bonchev–Trinajstić information content (AvgIpc) is 1.66. The predicted octanol–water partition coefficient (Wildman–Crippen LogP) is 15.1. The van der Waals surface area contributed by atoms with E-state index in [0.717, 1.165) is 61.5 Å². The fourth-order valence-corrected chi connectivity index (χ4v) is 30.2. The number of hydrogen-bond acceptors (Lipinski definition) is 11. The standard InChI is InChI=1S/C80H113NO11Si3/c1-15-93(16-2,17-3)90-69-54-77(14,72(91-95(75(10,11)12,64-40-29-21-30-41-64)65-42-31-22-32-43-65)67-45-49-79(86-67)47-33-44-66(85-79)60(6)73(83)81-61-34-23-18-24-35-61)89-71(69)68-55-78(57-84-94(74(7,8)9,62-36-25-19-26-37-62)63-38-27-20-28-39-63)50-51-80(87-68,92-78)70-46-48-76(13,88-70)53-58(4)52-59(5)56-82/h18-32,34-43,52,58,60,66-72,82H,15-17,33,44-51,53-57H2,1-14H3,(H,81,83)/b59-52+/t58?,60-,66+,67+,68?,69?,70?,71?,72?,76?,77?,78?,79+,80?/m1/s1. The largest absolute Gasteiger partial charge is 0.411 e. The highest BCUT2D eigenvalue weighted by Crippen LogP contribution is 2.58. The highest BCUT2D eigenvalue weighted by molar-refractivity contribution is 7.00. The molecule has 11 rings (SSSR count). The van der Waals surface area contributed by atoms with Crippen LogP contribution in [0.25, 0.3) is 0 Å². The smallest absolute Gasteiger partial charge is 0.261 e. The van der Waals surface area contributed by atoms with Crippen molar-refractivity contribution in [3.05, 3.63) is 163 Å². The van der Waals surface area contributed by atoms with Crippen LogP contribution in [0.4, 0.5) is 5.69 Å². The average molecular weight is 1350 g/mol. The first-order valence-corrected chi connectivity index (χ1v) is 42.5. The van der Waals surface area contributed by atoms with E-state index >= 15 is 0 Å². The van der Waals surface area contributed by atoms with Gasteiger partial charge in [-0.3, -0.25) is 4.79 Å². The van der Waals surface area contributed by atoms with Gasteiger partial charge in [0.25, 0.3) is 16.6 Å². The fraction of sp³-hybridized carbons (Fsp3) is 0.588. The highest BCUT2D eigenvalue weighted by atomic mass is 28.4. The van der Waals surface area contributed by atoms with Gasteiger partial charge in [-0.1, -0.05) is 227 Å². The van der Waals surface area contributed by atoms with Crippen LogP contribution in [0.15, 0.2) is 163 Å². The number of hydrogen-bond donors (Lipinski definition) is 2. The van der Waals surface area contributed by atoms with Gasteiger partial charge in [0.2, 0.25) is 5.91 Å². The Morgan fingerprint density at radius 2 is 1.18 bits per heavy atom. The van der Waals surface area contributed by atoms with Crippen molar-refractivity contribution in [1.82, 2.24) is 0 Å². The molecule has 1 spiro atoms. The third-order valence-electron chi connectivity index (χ3n) is 23.0. The Morgan fingerprint density at radius 1 is 0.642 bits per heavy atom. The number of carbonyl (C=O) groups excluding carboxylic acids is 1. The number of anilines is 1. The van der Waals surface area contributed by atoms with Crippen molar-refractivity contribution in [1.29, 1.82) is 0 Å². The van der Waals surface area contributed by atoms with Gasteiger partial charge in [-0.25, -0.2) is 0 Å². The van der Waals surface area contributed by atoms with E-state index in [0.29, 0.717) is 51.6 Å². The molecule has 0 aliphatic carbocycles. The van der Waals surface area contributed by atoms with E-state index in [9.17, 15) is 9.90 Å². The van der Waals surface area contributed by atoms with Crippen molar-refractivity contribution in [3.8, 4) is 0 Å². The number of para-hydroxylation sites is 1. The van der Waals surface area contributed by atoms with E-state index in [-0.39, 0.29) is 46.8 Å². The minimum atomic E-state index is -3.36. The molecule has 6 fully saturated rings. The third-order valence-corrected chi connectivity index (χ3v) is 37.6. The van der Waals surface area contributed by atoms with Crippen LogP contribution >= 0.6 is 0 Å². The minimum Gasteiger partial charge on any atom is -0.411 e. The Morgan fingerprint density at radius 3 is 1.72 bits per heavy atom. The predicted molar refractivity (Wildman–Crippen MR) is 388 cm³/mol. The Kier molecular flexibility index (Phi) is 21.7. The number of aliphatic hydroxyl groups excluding tert-OH is 1. The van der Waals surface area contributed by atoms with Crippen LogP contribution in [-0.4, -0.2) is 120 Å². The molecule has 6 heterocycles. The van der Waals surface area contributed by atoms with Crippen molar-refractivity contribution >= 4 is 57.3 Å². The molecule has 0 aromatic heterocycles. The van der Waals surface area contributed by atoms with Crippen LogP contribution in [0.2, 0.25) is 28.2 Å². The summed E-state index contributed by atoms with van der Waals surface area (Å²) in [6.45, 7) is 32.2. The van der Waals surface area contributed by atoms with Crippen LogP contribution < -0.4 is 26.1 Å². The van der Waals surface area contributed by atoms with E-state index in [1.165, 1.54) is 20.7 Å². The molecule has 1 amide bonds. The van der Waals surface area contributed by atoms with E-state index in [4.69, 9.17) is 41.7 Å². The van der Waals surface area contributed by atoms with Crippen LogP contribution in [0.5, 0.6) is 0 Å². The fourth-order valence-electron chi connectivity index (χ4n) is 17.9. The lowest BCUT2D eigenvalue weighted by Crippen LogP contribution is -2.70. The number of aliphatic hydroxyl groups is 1. The van der Waals surface area contributed by atoms with Crippen molar-refractivity contribution in [2.24, 2.45) is 11.8 Å². The molecule has 12 nitrogen and oxygen atoms in total. The molecule has 6 aliphatic heterocycles. The van der Waals surface area contributed by atoms with Crippen LogP contribution in [0.1, 0.15) is 174 Å². The normalized spacial score (nSPS) is 31.0. The number of benzene rings is 5. The summed E-state index contributed by atoms with van der Waals surface area (Å²) in [6.07, 6.45) is 7.37. The summed E-state index contributed by atoms with van der Waals surface area (Å²) in [5.41, 5.74) is -0.518. The molecule has 5 aromatic carbocycles. The minimum absolute atomic E-state index is 0.0340. The number of carbonyl (C=O) groups is 1. The number of nitrogens with one attached hydrogen (secondary N) is 1. The molecule has 95 heavy (non-hydrogen) atoms. The summed E-state index contributed by atoms with van der Waals surface area (Å²) < 4.78 is 71.3. The molecule has 14 atom stereocenters. The monoisotopic (exact) mass is 1350 g/mol. The molecule has 6 aliphatic rings. The second-order valence-corrected chi connectivity index (χ2v) is 45.1. The Bertz CT molecular complexity index is 3260. The van der Waals surface area contributed by atoms with Gasteiger partial charge in [-0.15, -0.1) is 0 Å². The molecule has 15 heteroatoms. The summed E-state index contributed by atoms with van der Waals surface area (Å²) in [5, 5.41) is 17.4. The zero-order chi connectivity index (χ0) is 67.7. The van der Waals surface area contributed by atoms with Crippen molar-refractivity contribution in [3.63, 3.8) is 0 Å². The van der Waals surface area contributed by atoms with Gasteiger partial charge in [0, 0.05) is 37.8 Å². The summed E-state index contributed by atoms with van der Waals surface area (Å²) >= 11 is 0.